The van der Waals surface area contributed by atoms with Gasteiger partial charge in [-0.1, -0.05) is 152 Å². The number of hydrogen-bond donors (Lipinski definition) is 0. The minimum absolute atomic E-state index is 1.11. The zero-order valence-corrected chi connectivity index (χ0v) is 32.4. The van der Waals surface area contributed by atoms with Gasteiger partial charge in [0.2, 0.25) is 0 Å². The second kappa shape index (κ2) is 13.2. The van der Waals surface area contributed by atoms with Crippen LogP contribution >= 0.6 is 11.3 Å². The second-order valence-corrected chi connectivity index (χ2v) is 16.3. The Hall–Kier alpha value is -7.26. The highest BCUT2D eigenvalue weighted by molar-refractivity contribution is 7.25. The van der Waals surface area contributed by atoms with Crippen LogP contribution in [0.2, 0.25) is 0 Å². The van der Waals surface area contributed by atoms with Gasteiger partial charge in [0.25, 0.3) is 0 Å². The van der Waals surface area contributed by atoms with Gasteiger partial charge in [-0.3, -0.25) is 0 Å². The van der Waals surface area contributed by atoms with Crippen LogP contribution in [0, 0.1) is 0 Å². The Bertz CT molecular complexity index is 3580. The van der Waals surface area contributed by atoms with Crippen LogP contribution in [0.3, 0.4) is 0 Å². The summed E-state index contributed by atoms with van der Waals surface area (Å²) in [6.45, 7) is 0. The molecule has 0 spiro atoms. The van der Waals surface area contributed by atoms with Crippen molar-refractivity contribution >= 4 is 102 Å². The smallest absolute Gasteiger partial charge is 0.0540 e. The molecule has 0 fully saturated rings. The van der Waals surface area contributed by atoms with Crippen molar-refractivity contribution in [1.29, 1.82) is 0 Å². The van der Waals surface area contributed by atoms with Gasteiger partial charge in [-0.05, 0) is 131 Å². The molecule has 1 nitrogen and oxygen atoms in total. The van der Waals surface area contributed by atoms with Gasteiger partial charge in [-0.15, -0.1) is 11.3 Å². The first-order valence-electron chi connectivity index (χ1n) is 19.9. The van der Waals surface area contributed by atoms with Crippen LogP contribution in [-0.2, 0) is 0 Å². The molecule has 0 bridgehead atoms. The summed E-state index contributed by atoms with van der Waals surface area (Å²) >= 11 is 1.87. The molecule has 270 valence electrons. The van der Waals surface area contributed by atoms with Crippen molar-refractivity contribution in [3.05, 3.63) is 212 Å². The Morgan fingerprint density at radius 1 is 0.276 bits per heavy atom. The molecule has 0 aliphatic heterocycles. The molecule has 12 aromatic rings. The van der Waals surface area contributed by atoms with Gasteiger partial charge >= 0.3 is 0 Å². The lowest BCUT2D eigenvalue weighted by Gasteiger charge is -2.29. The van der Waals surface area contributed by atoms with Crippen LogP contribution < -0.4 is 4.90 Å². The lowest BCUT2D eigenvalue weighted by Crippen LogP contribution is -2.11. The first-order chi connectivity index (χ1) is 28.7. The van der Waals surface area contributed by atoms with E-state index in [1.54, 1.807) is 0 Å². The zero-order valence-electron chi connectivity index (χ0n) is 31.6. The van der Waals surface area contributed by atoms with E-state index in [-0.39, 0.29) is 0 Å². The number of thiophene rings is 1. The van der Waals surface area contributed by atoms with Crippen molar-refractivity contribution in [3.63, 3.8) is 0 Å². The zero-order chi connectivity index (χ0) is 38.2. The molecule has 1 heterocycles. The van der Waals surface area contributed by atoms with Gasteiger partial charge in [0.1, 0.15) is 0 Å². The summed E-state index contributed by atoms with van der Waals surface area (Å²) in [6, 6.07) is 78.4. The van der Waals surface area contributed by atoms with E-state index < -0.39 is 0 Å². The molecule has 1 aromatic heterocycles. The van der Waals surface area contributed by atoms with Crippen LogP contribution in [0.25, 0.3) is 96.3 Å². The molecule has 0 N–H and O–H groups in total. The summed E-state index contributed by atoms with van der Waals surface area (Å²) in [6.07, 6.45) is 0. The van der Waals surface area contributed by atoms with Gasteiger partial charge in [-0.25, -0.2) is 0 Å². The van der Waals surface area contributed by atoms with Crippen molar-refractivity contribution in [2.45, 2.75) is 0 Å². The van der Waals surface area contributed by atoms with Crippen molar-refractivity contribution in [1.82, 2.24) is 0 Å². The van der Waals surface area contributed by atoms with Crippen LogP contribution in [0.1, 0.15) is 0 Å². The first kappa shape index (κ1) is 32.9. The topological polar surface area (TPSA) is 3.24 Å². The number of para-hydroxylation sites is 1. The fraction of sp³-hybridized carbons (Fsp3) is 0. The van der Waals surface area contributed by atoms with Crippen LogP contribution in [0.15, 0.2) is 212 Å². The number of rotatable bonds is 5. The molecule has 2 heteroatoms. The fourth-order valence-corrected chi connectivity index (χ4v) is 10.4. The van der Waals surface area contributed by atoms with Crippen molar-refractivity contribution in [2.75, 3.05) is 4.90 Å². The molecule has 0 unspecified atom stereocenters. The number of nitrogens with zero attached hydrogens (tertiary/aromatic N) is 1. The largest absolute Gasteiger partial charge is 0.310 e. The molecule has 0 saturated carbocycles. The van der Waals surface area contributed by atoms with E-state index in [4.69, 9.17) is 0 Å². The van der Waals surface area contributed by atoms with Crippen LogP contribution in [-0.4, -0.2) is 0 Å². The monoisotopic (exact) mass is 753 g/mol. The highest BCUT2D eigenvalue weighted by Gasteiger charge is 2.20. The second-order valence-electron chi connectivity index (χ2n) is 15.3. The minimum atomic E-state index is 1.11. The summed E-state index contributed by atoms with van der Waals surface area (Å²) in [5.74, 6) is 0. The predicted octanol–water partition coefficient (Wildman–Crippen LogP) is 16.6. The third kappa shape index (κ3) is 5.23. The molecule has 0 atom stereocenters. The highest BCUT2D eigenvalue weighted by atomic mass is 32.1. The van der Waals surface area contributed by atoms with E-state index in [2.05, 4.69) is 217 Å². The molecular weight excluding hydrogens is 719 g/mol. The highest BCUT2D eigenvalue weighted by Crippen LogP contribution is 2.46. The standard InChI is InChI=1S/C56H35NS/c1-3-15-43-38(13-1)33-51(47-19-7-5-17-45(43)47)36-25-28-41(29-26-36)57(42-30-27-37-32-53-50-22-10-12-24-55(50)58-56(53)35-40(37)31-42)54-23-11-9-21-49(54)52-34-39-14-2-4-16-44(39)46-18-6-8-20-48(46)52/h1-35H. The third-order valence-corrected chi connectivity index (χ3v) is 13.1. The van der Waals surface area contributed by atoms with Gasteiger partial charge in [-0.2, -0.15) is 0 Å². The van der Waals surface area contributed by atoms with Crippen LogP contribution in [0.4, 0.5) is 17.1 Å². The van der Waals surface area contributed by atoms with E-state index in [0.717, 1.165) is 17.1 Å². The number of anilines is 3. The summed E-state index contributed by atoms with van der Waals surface area (Å²) in [5.41, 5.74) is 8.21. The molecule has 0 amide bonds. The molecule has 58 heavy (non-hydrogen) atoms. The maximum absolute atomic E-state index is 2.45. The molecule has 12 rings (SSSR count). The van der Waals surface area contributed by atoms with Gasteiger partial charge in [0.05, 0.1) is 5.69 Å². The normalized spacial score (nSPS) is 11.8. The average molecular weight is 754 g/mol. The summed E-state index contributed by atoms with van der Waals surface area (Å²) < 4.78 is 2.64. The van der Waals surface area contributed by atoms with E-state index in [1.165, 1.54) is 96.3 Å². The van der Waals surface area contributed by atoms with Crippen molar-refractivity contribution < 1.29 is 0 Å². The Labute approximate surface area is 340 Å². The SMILES string of the molecule is c1ccc(N(c2ccc(-c3cc4ccccc4c4ccccc34)cc2)c2ccc3cc4c(cc3c2)sc2ccccc24)c(-c2cc3ccccc3c3ccccc23)c1. The lowest BCUT2D eigenvalue weighted by atomic mass is 9.91. The Kier molecular flexibility index (Phi) is 7.47. The molecule has 0 radical (unpaired) electrons. The van der Waals surface area contributed by atoms with Crippen molar-refractivity contribution in [3.8, 4) is 22.3 Å². The van der Waals surface area contributed by atoms with Gasteiger partial charge < -0.3 is 4.90 Å². The fourth-order valence-electron chi connectivity index (χ4n) is 9.28. The third-order valence-electron chi connectivity index (χ3n) is 12.0. The molecule has 0 aliphatic rings. The van der Waals surface area contributed by atoms with E-state index >= 15 is 0 Å². The minimum Gasteiger partial charge on any atom is -0.310 e. The predicted molar refractivity (Wildman–Crippen MR) is 252 cm³/mol. The summed E-state index contributed by atoms with van der Waals surface area (Å²) in [5, 5.41) is 15.2. The van der Waals surface area contributed by atoms with E-state index in [1.807, 2.05) is 11.3 Å². The maximum atomic E-state index is 2.45. The number of benzene rings is 11. The molecule has 11 aromatic carbocycles. The maximum Gasteiger partial charge on any atom is 0.0540 e. The number of fused-ring (bicyclic) bond motifs is 10. The molecule has 0 saturated heterocycles. The van der Waals surface area contributed by atoms with Gasteiger partial charge in [0.15, 0.2) is 0 Å². The summed E-state index contributed by atoms with van der Waals surface area (Å²) in [4.78, 5) is 2.45. The average Bonchev–Trinajstić information content (AvgIpc) is 3.65. The molecule has 0 aliphatic carbocycles. The summed E-state index contributed by atoms with van der Waals surface area (Å²) in [7, 11) is 0. The van der Waals surface area contributed by atoms with Crippen LogP contribution in [0.5, 0.6) is 0 Å². The Balaban J connectivity index is 1.08. The Morgan fingerprint density at radius 2 is 0.828 bits per heavy atom. The van der Waals surface area contributed by atoms with E-state index in [0.29, 0.717) is 0 Å². The quantitative estimate of drug-likeness (QED) is 0.158. The molecular formula is C56H35NS. The first-order valence-corrected chi connectivity index (χ1v) is 20.7. The number of hydrogen-bond acceptors (Lipinski definition) is 2. The van der Waals surface area contributed by atoms with Gasteiger partial charge in [0, 0.05) is 37.1 Å². The lowest BCUT2D eigenvalue weighted by molar-refractivity contribution is 1.29. The van der Waals surface area contributed by atoms with Crippen molar-refractivity contribution in [2.24, 2.45) is 0 Å². The van der Waals surface area contributed by atoms with E-state index in [9.17, 15) is 0 Å². The Morgan fingerprint density at radius 3 is 1.55 bits per heavy atom.